The van der Waals surface area contributed by atoms with E-state index >= 15 is 0 Å². The van der Waals surface area contributed by atoms with Crippen molar-refractivity contribution in [2.45, 2.75) is 27.2 Å². The molecule has 0 radical (unpaired) electrons. The molecule has 0 saturated heterocycles. The zero-order valence-corrected chi connectivity index (χ0v) is 15.2. The second-order valence-electron chi connectivity index (χ2n) is 5.90. The zero-order chi connectivity index (χ0) is 18.7. The van der Waals surface area contributed by atoms with Crippen molar-refractivity contribution < 1.29 is 14.3 Å². The molecule has 3 aromatic rings. The van der Waals surface area contributed by atoms with Gasteiger partial charge in [-0.05, 0) is 32.4 Å². The maximum Gasteiger partial charge on any atom is 0.310 e. The van der Waals surface area contributed by atoms with Crippen molar-refractivity contribution in [3.63, 3.8) is 0 Å². The zero-order valence-electron chi connectivity index (χ0n) is 15.2. The highest BCUT2D eigenvalue weighted by atomic mass is 16.5. The first-order chi connectivity index (χ1) is 12.5. The number of esters is 1. The first-order valence-electron chi connectivity index (χ1n) is 8.17. The molecule has 7 nitrogen and oxygen atoms in total. The molecule has 0 bridgehead atoms. The Kier molecular flexibility index (Phi) is 4.97. The molecule has 0 fully saturated rings. The molecular formula is C19H20N4O3. The Labute approximate surface area is 151 Å². The third-order valence-corrected chi connectivity index (χ3v) is 3.97. The molecule has 0 aliphatic heterocycles. The fourth-order valence-corrected chi connectivity index (χ4v) is 2.63. The molecule has 1 aromatic carbocycles. The summed E-state index contributed by atoms with van der Waals surface area (Å²) in [5.74, 6) is 1.06. The Hall–Kier alpha value is -3.22. The molecule has 134 valence electrons. The number of aromatic nitrogens is 4. The summed E-state index contributed by atoms with van der Waals surface area (Å²) in [4.78, 5) is 20.3. The summed E-state index contributed by atoms with van der Waals surface area (Å²) in [6.07, 6.45) is 3.43. The van der Waals surface area contributed by atoms with Gasteiger partial charge in [0, 0.05) is 11.3 Å². The highest BCUT2D eigenvalue weighted by Gasteiger charge is 2.17. The number of hydrogen-bond donors (Lipinski definition) is 0. The molecular weight excluding hydrogens is 332 g/mol. The Morgan fingerprint density at radius 1 is 1.15 bits per heavy atom. The average molecular weight is 352 g/mol. The number of carbonyl (C=O) groups excluding carboxylic acids is 1. The minimum absolute atomic E-state index is 0.0455. The molecule has 0 amide bonds. The minimum atomic E-state index is -0.374. The number of benzene rings is 1. The van der Waals surface area contributed by atoms with E-state index in [-0.39, 0.29) is 12.4 Å². The van der Waals surface area contributed by atoms with Crippen molar-refractivity contribution >= 4 is 5.97 Å². The Morgan fingerprint density at radius 2 is 1.92 bits per heavy atom. The molecule has 3 rings (SSSR count). The van der Waals surface area contributed by atoms with Gasteiger partial charge in [-0.25, -0.2) is 9.67 Å². The second kappa shape index (κ2) is 7.35. The van der Waals surface area contributed by atoms with Gasteiger partial charge in [-0.2, -0.15) is 10.1 Å². The number of hydrogen-bond acceptors (Lipinski definition) is 6. The van der Waals surface area contributed by atoms with Crippen LogP contribution < -0.4 is 4.74 Å². The summed E-state index contributed by atoms with van der Waals surface area (Å²) >= 11 is 0. The van der Waals surface area contributed by atoms with E-state index in [4.69, 9.17) is 9.47 Å². The normalized spacial score (nSPS) is 10.6. The third kappa shape index (κ3) is 3.72. The molecule has 2 heterocycles. The lowest BCUT2D eigenvalue weighted by Crippen LogP contribution is -2.10. The SMILES string of the molecule is COC(=O)Cc1c(C)nc(C)nc1Oc1cnn(-c2ccccc2C)c1. The standard InChI is InChI=1S/C19H20N4O3/c1-12-7-5-6-8-17(12)23-11-15(10-20-23)26-19-16(9-18(24)25-4)13(2)21-14(3)22-19/h5-8,10-11H,9H2,1-4H3. The lowest BCUT2D eigenvalue weighted by atomic mass is 10.1. The van der Waals surface area contributed by atoms with Crippen LogP contribution in [0.4, 0.5) is 0 Å². The van der Waals surface area contributed by atoms with E-state index in [1.165, 1.54) is 7.11 Å². The highest BCUT2D eigenvalue weighted by molar-refractivity contribution is 5.73. The highest BCUT2D eigenvalue weighted by Crippen LogP contribution is 2.26. The number of methoxy groups -OCH3 is 1. The van der Waals surface area contributed by atoms with Crippen molar-refractivity contribution in [3.05, 3.63) is 59.3 Å². The van der Waals surface area contributed by atoms with Crippen LogP contribution in [-0.2, 0) is 16.0 Å². The second-order valence-corrected chi connectivity index (χ2v) is 5.90. The predicted molar refractivity (Wildman–Crippen MR) is 95.6 cm³/mol. The summed E-state index contributed by atoms with van der Waals surface area (Å²) in [7, 11) is 1.35. The van der Waals surface area contributed by atoms with Crippen LogP contribution in [0.15, 0.2) is 36.7 Å². The molecule has 0 aliphatic carbocycles. The van der Waals surface area contributed by atoms with Gasteiger partial charge in [-0.3, -0.25) is 4.79 Å². The number of nitrogens with zero attached hydrogens (tertiary/aromatic N) is 4. The van der Waals surface area contributed by atoms with Crippen molar-refractivity contribution in [1.82, 2.24) is 19.7 Å². The monoisotopic (exact) mass is 352 g/mol. The minimum Gasteiger partial charge on any atom is -0.469 e. The molecule has 0 N–H and O–H groups in total. The van der Waals surface area contributed by atoms with Crippen LogP contribution in [0.5, 0.6) is 11.6 Å². The van der Waals surface area contributed by atoms with Gasteiger partial charge in [0.2, 0.25) is 5.88 Å². The van der Waals surface area contributed by atoms with E-state index in [1.54, 1.807) is 24.0 Å². The van der Waals surface area contributed by atoms with Crippen molar-refractivity contribution in [1.29, 1.82) is 0 Å². The van der Waals surface area contributed by atoms with Gasteiger partial charge in [0.1, 0.15) is 5.82 Å². The van der Waals surface area contributed by atoms with E-state index in [1.807, 2.05) is 38.1 Å². The van der Waals surface area contributed by atoms with Gasteiger partial charge < -0.3 is 9.47 Å². The van der Waals surface area contributed by atoms with Crippen molar-refractivity contribution in [2.75, 3.05) is 7.11 Å². The van der Waals surface area contributed by atoms with Crippen LogP contribution in [0.3, 0.4) is 0 Å². The maximum atomic E-state index is 11.7. The fraction of sp³-hybridized carbons (Fsp3) is 0.263. The van der Waals surface area contributed by atoms with Gasteiger partial charge in [0.05, 0.1) is 31.6 Å². The smallest absolute Gasteiger partial charge is 0.310 e. The summed E-state index contributed by atoms with van der Waals surface area (Å²) in [5, 5.41) is 4.35. The Balaban J connectivity index is 1.92. The van der Waals surface area contributed by atoms with Crippen LogP contribution >= 0.6 is 0 Å². The van der Waals surface area contributed by atoms with E-state index in [2.05, 4.69) is 15.1 Å². The number of para-hydroxylation sites is 1. The maximum absolute atomic E-state index is 11.7. The van der Waals surface area contributed by atoms with Gasteiger partial charge in [-0.15, -0.1) is 0 Å². The largest absolute Gasteiger partial charge is 0.469 e. The average Bonchev–Trinajstić information content (AvgIpc) is 3.06. The number of carbonyl (C=O) groups is 1. The number of aryl methyl sites for hydroxylation is 3. The van der Waals surface area contributed by atoms with Crippen LogP contribution in [0.1, 0.15) is 22.6 Å². The summed E-state index contributed by atoms with van der Waals surface area (Å²) < 4.78 is 12.4. The molecule has 0 aliphatic rings. The quantitative estimate of drug-likeness (QED) is 0.657. The fourth-order valence-electron chi connectivity index (χ4n) is 2.63. The van der Waals surface area contributed by atoms with Crippen molar-refractivity contribution in [2.24, 2.45) is 0 Å². The summed E-state index contributed by atoms with van der Waals surface area (Å²) in [5.41, 5.74) is 3.35. The molecule has 7 heteroatoms. The number of ether oxygens (including phenoxy) is 2. The molecule has 0 saturated carbocycles. The van der Waals surface area contributed by atoms with E-state index < -0.39 is 0 Å². The lowest BCUT2D eigenvalue weighted by Gasteiger charge is -2.11. The lowest BCUT2D eigenvalue weighted by molar-refractivity contribution is -0.139. The molecule has 2 aromatic heterocycles. The predicted octanol–water partition coefficient (Wildman–Crippen LogP) is 3.10. The molecule has 0 unspecified atom stereocenters. The summed E-state index contributed by atoms with van der Waals surface area (Å²) in [6, 6.07) is 7.93. The van der Waals surface area contributed by atoms with Crippen LogP contribution in [0.2, 0.25) is 0 Å². The van der Waals surface area contributed by atoms with Crippen LogP contribution in [0.25, 0.3) is 5.69 Å². The Morgan fingerprint density at radius 3 is 2.65 bits per heavy atom. The first kappa shape index (κ1) is 17.6. The third-order valence-electron chi connectivity index (χ3n) is 3.97. The van der Waals surface area contributed by atoms with E-state index in [9.17, 15) is 4.79 Å². The Bertz CT molecular complexity index is 950. The van der Waals surface area contributed by atoms with Gasteiger partial charge in [0.25, 0.3) is 0 Å². The van der Waals surface area contributed by atoms with Crippen molar-refractivity contribution in [3.8, 4) is 17.3 Å². The molecule has 0 spiro atoms. The van der Waals surface area contributed by atoms with Gasteiger partial charge >= 0.3 is 5.97 Å². The van der Waals surface area contributed by atoms with Gasteiger partial charge in [0.15, 0.2) is 5.75 Å². The van der Waals surface area contributed by atoms with Crippen LogP contribution in [-0.4, -0.2) is 32.8 Å². The topological polar surface area (TPSA) is 79.1 Å². The van der Waals surface area contributed by atoms with Crippen LogP contribution in [0, 0.1) is 20.8 Å². The van der Waals surface area contributed by atoms with E-state index in [0.717, 1.165) is 11.3 Å². The van der Waals surface area contributed by atoms with E-state index in [0.29, 0.717) is 28.7 Å². The van der Waals surface area contributed by atoms with Gasteiger partial charge in [-0.1, -0.05) is 18.2 Å². The molecule has 0 atom stereocenters. The summed E-state index contributed by atoms with van der Waals surface area (Å²) in [6.45, 7) is 5.61. The molecule has 26 heavy (non-hydrogen) atoms. The first-order valence-corrected chi connectivity index (χ1v) is 8.17. The number of rotatable bonds is 5.